The van der Waals surface area contributed by atoms with Crippen LogP contribution in [0.1, 0.15) is 5.56 Å². The maximum atomic E-state index is 12.0. The quantitative estimate of drug-likeness (QED) is 0.426. The third kappa shape index (κ3) is 3.99. The first-order valence-electron chi connectivity index (χ1n) is 7.23. The highest BCUT2D eigenvalue weighted by atomic mass is 32.1. The fraction of sp³-hybridized carbons (Fsp3) is 0.0588. The van der Waals surface area contributed by atoms with Crippen LogP contribution in [0.4, 0.5) is 10.8 Å². The Morgan fingerprint density at radius 1 is 1.28 bits per heavy atom. The van der Waals surface area contributed by atoms with E-state index in [0.717, 1.165) is 16.0 Å². The highest BCUT2D eigenvalue weighted by Crippen LogP contribution is 2.29. The van der Waals surface area contributed by atoms with Gasteiger partial charge in [0, 0.05) is 18.2 Å². The zero-order valence-electron chi connectivity index (χ0n) is 13.1. The number of thiazole rings is 1. The monoisotopic (exact) mass is 355 g/mol. The molecule has 0 bridgehead atoms. The number of nitro benzene ring substituents is 1. The van der Waals surface area contributed by atoms with Crippen LogP contribution in [0.15, 0.2) is 48.5 Å². The summed E-state index contributed by atoms with van der Waals surface area (Å²) in [5.41, 5.74) is 1.47. The second-order valence-electron chi connectivity index (χ2n) is 5.02. The van der Waals surface area contributed by atoms with Gasteiger partial charge in [0.2, 0.25) is 5.91 Å². The van der Waals surface area contributed by atoms with Crippen molar-refractivity contribution in [2.45, 2.75) is 0 Å². The lowest BCUT2D eigenvalue weighted by atomic mass is 10.2. The lowest BCUT2D eigenvalue weighted by molar-refractivity contribution is -0.384. The lowest BCUT2D eigenvalue weighted by Crippen LogP contribution is -2.07. The summed E-state index contributed by atoms with van der Waals surface area (Å²) in [7, 11) is 1.59. The van der Waals surface area contributed by atoms with Crippen molar-refractivity contribution >= 4 is 44.4 Å². The van der Waals surface area contributed by atoms with Gasteiger partial charge in [0.25, 0.3) is 5.69 Å². The van der Waals surface area contributed by atoms with E-state index in [1.807, 2.05) is 18.2 Å². The molecule has 1 heterocycles. The number of aromatic nitrogens is 1. The molecule has 0 aliphatic carbocycles. The van der Waals surface area contributed by atoms with Gasteiger partial charge >= 0.3 is 0 Å². The van der Waals surface area contributed by atoms with Gasteiger partial charge in [-0.2, -0.15) is 0 Å². The number of nitrogens with zero attached hydrogens (tertiary/aromatic N) is 2. The molecule has 1 aromatic heterocycles. The molecule has 0 saturated carbocycles. The molecule has 8 heteroatoms. The van der Waals surface area contributed by atoms with Crippen molar-refractivity contribution in [3.05, 3.63) is 64.2 Å². The fourth-order valence-corrected chi connectivity index (χ4v) is 3.01. The Morgan fingerprint density at radius 2 is 2.04 bits per heavy atom. The molecule has 7 nitrogen and oxygen atoms in total. The Bertz CT molecular complexity index is 964. The second kappa shape index (κ2) is 7.10. The Labute approximate surface area is 146 Å². The van der Waals surface area contributed by atoms with E-state index in [0.29, 0.717) is 10.7 Å². The van der Waals surface area contributed by atoms with E-state index in [1.165, 1.54) is 29.5 Å². The average Bonchev–Trinajstić information content (AvgIpc) is 3.01. The Balaban J connectivity index is 1.68. The number of hydrogen-bond donors (Lipinski definition) is 1. The maximum absolute atomic E-state index is 12.0. The van der Waals surface area contributed by atoms with Crippen molar-refractivity contribution in [1.29, 1.82) is 0 Å². The van der Waals surface area contributed by atoms with Gasteiger partial charge < -0.3 is 4.74 Å². The molecule has 1 N–H and O–H groups in total. The van der Waals surface area contributed by atoms with E-state index in [-0.39, 0.29) is 11.6 Å². The van der Waals surface area contributed by atoms with Crippen LogP contribution in [0.3, 0.4) is 0 Å². The van der Waals surface area contributed by atoms with Crippen LogP contribution >= 0.6 is 11.3 Å². The number of hydrogen-bond acceptors (Lipinski definition) is 6. The van der Waals surface area contributed by atoms with E-state index in [1.54, 1.807) is 25.3 Å². The smallest absolute Gasteiger partial charge is 0.269 e. The molecule has 0 fully saturated rings. The Morgan fingerprint density at radius 3 is 2.72 bits per heavy atom. The fourth-order valence-electron chi connectivity index (χ4n) is 2.11. The molecule has 0 saturated heterocycles. The second-order valence-corrected chi connectivity index (χ2v) is 6.05. The van der Waals surface area contributed by atoms with E-state index in [9.17, 15) is 14.9 Å². The molecule has 0 unspecified atom stereocenters. The minimum Gasteiger partial charge on any atom is -0.497 e. The predicted octanol–water partition coefficient (Wildman–Crippen LogP) is 3.87. The number of carbonyl (C=O) groups excluding carboxylic acids is 1. The standard InChI is InChI=1S/C17H13N3O4S/c1-24-13-7-8-14-15(10-13)25-17(18-14)19-16(21)9-4-11-2-5-12(6-3-11)20(22)23/h2-10H,1H3,(H,18,19,21)/b9-4+. The highest BCUT2D eigenvalue weighted by Gasteiger charge is 2.07. The molecule has 0 aliphatic rings. The molecule has 25 heavy (non-hydrogen) atoms. The first kappa shape index (κ1) is 16.6. The summed E-state index contributed by atoms with van der Waals surface area (Å²) >= 11 is 1.35. The predicted molar refractivity (Wildman–Crippen MR) is 96.9 cm³/mol. The Kier molecular flexibility index (Phi) is 4.71. The molecule has 0 aliphatic heterocycles. The van der Waals surface area contributed by atoms with Gasteiger partial charge in [-0.15, -0.1) is 0 Å². The van der Waals surface area contributed by atoms with Gasteiger partial charge in [-0.05, 0) is 42.0 Å². The van der Waals surface area contributed by atoms with Crippen LogP contribution < -0.4 is 10.1 Å². The summed E-state index contributed by atoms with van der Waals surface area (Å²) in [5.74, 6) is 0.400. The number of ether oxygens (including phenoxy) is 1. The van der Waals surface area contributed by atoms with Gasteiger partial charge in [0.15, 0.2) is 5.13 Å². The number of benzene rings is 2. The molecule has 3 rings (SSSR count). The number of rotatable bonds is 5. The molecule has 0 atom stereocenters. The average molecular weight is 355 g/mol. The third-order valence-corrected chi connectivity index (χ3v) is 4.29. The van der Waals surface area contributed by atoms with Gasteiger partial charge in [-0.25, -0.2) is 4.98 Å². The number of non-ortho nitro benzene ring substituents is 1. The number of fused-ring (bicyclic) bond motifs is 1. The Hall–Kier alpha value is -3.26. The van der Waals surface area contributed by atoms with E-state index < -0.39 is 4.92 Å². The van der Waals surface area contributed by atoms with Gasteiger partial charge in [0.05, 0.1) is 22.2 Å². The summed E-state index contributed by atoms with van der Waals surface area (Å²) in [6.07, 6.45) is 2.93. The third-order valence-electron chi connectivity index (χ3n) is 3.36. The number of nitrogens with one attached hydrogen (secondary N) is 1. The van der Waals surface area contributed by atoms with Crippen LogP contribution in [0.2, 0.25) is 0 Å². The number of carbonyl (C=O) groups is 1. The van der Waals surface area contributed by atoms with Crippen LogP contribution in [0.5, 0.6) is 5.75 Å². The van der Waals surface area contributed by atoms with Crippen LogP contribution in [-0.4, -0.2) is 22.9 Å². The molecule has 2 aromatic carbocycles. The van der Waals surface area contributed by atoms with E-state index in [4.69, 9.17) is 4.74 Å². The van der Waals surface area contributed by atoms with Gasteiger partial charge in [0.1, 0.15) is 5.75 Å². The van der Waals surface area contributed by atoms with Crippen molar-refractivity contribution in [2.75, 3.05) is 12.4 Å². The molecule has 0 radical (unpaired) electrons. The number of nitro groups is 1. The van der Waals surface area contributed by atoms with E-state index in [2.05, 4.69) is 10.3 Å². The maximum Gasteiger partial charge on any atom is 0.269 e. The van der Waals surface area contributed by atoms with Crippen LogP contribution in [0, 0.1) is 10.1 Å². The first-order chi connectivity index (χ1) is 12.0. The van der Waals surface area contributed by atoms with Crippen molar-refractivity contribution in [3.63, 3.8) is 0 Å². The zero-order valence-corrected chi connectivity index (χ0v) is 13.9. The normalized spacial score (nSPS) is 10.9. The summed E-state index contributed by atoms with van der Waals surface area (Å²) in [4.78, 5) is 26.5. The van der Waals surface area contributed by atoms with Crippen molar-refractivity contribution in [3.8, 4) is 5.75 Å². The van der Waals surface area contributed by atoms with Crippen molar-refractivity contribution < 1.29 is 14.5 Å². The van der Waals surface area contributed by atoms with Gasteiger partial charge in [-0.3, -0.25) is 20.2 Å². The lowest BCUT2D eigenvalue weighted by Gasteiger charge is -1.96. The molecule has 3 aromatic rings. The number of amides is 1. The minimum absolute atomic E-state index is 0.00602. The zero-order chi connectivity index (χ0) is 17.8. The summed E-state index contributed by atoms with van der Waals surface area (Å²) in [6, 6.07) is 11.4. The molecule has 0 spiro atoms. The van der Waals surface area contributed by atoms with Crippen LogP contribution in [-0.2, 0) is 4.79 Å². The SMILES string of the molecule is COc1ccc2nc(NC(=O)/C=C/c3ccc([N+](=O)[O-])cc3)sc2c1. The summed E-state index contributed by atoms with van der Waals surface area (Å²) in [6.45, 7) is 0. The number of methoxy groups -OCH3 is 1. The molecular weight excluding hydrogens is 342 g/mol. The van der Waals surface area contributed by atoms with Crippen molar-refractivity contribution in [1.82, 2.24) is 4.98 Å². The van der Waals surface area contributed by atoms with Crippen LogP contribution in [0.25, 0.3) is 16.3 Å². The highest BCUT2D eigenvalue weighted by molar-refractivity contribution is 7.22. The van der Waals surface area contributed by atoms with Gasteiger partial charge in [-0.1, -0.05) is 11.3 Å². The largest absolute Gasteiger partial charge is 0.497 e. The molecular formula is C17H13N3O4S. The molecule has 126 valence electrons. The summed E-state index contributed by atoms with van der Waals surface area (Å²) < 4.78 is 6.07. The summed E-state index contributed by atoms with van der Waals surface area (Å²) in [5, 5.41) is 13.8. The minimum atomic E-state index is -0.470. The van der Waals surface area contributed by atoms with Crippen molar-refractivity contribution in [2.24, 2.45) is 0 Å². The molecule has 1 amide bonds. The topological polar surface area (TPSA) is 94.4 Å². The van der Waals surface area contributed by atoms with E-state index >= 15 is 0 Å². The number of anilines is 1. The first-order valence-corrected chi connectivity index (χ1v) is 8.05.